The van der Waals surface area contributed by atoms with Gasteiger partial charge in [0.25, 0.3) is 0 Å². The van der Waals surface area contributed by atoms with E-state index in [1.807, 2.05) is 7.05 Å². The topological polar surface area (TPSA) is 12.0 Å². The molecule has 1 aromatic rings. The summed E-state index contributed by atoms with van der Waals surface area (Å²) in [5.41, 5.74) is 0.784. The summed E-state index contributed by atoms with van der Waals surface area (Å²) in [7, 11) is 1.97. The van der Waals surface area contributed by atoms with Crippen molar-refractivity contribution >= 4 is 0 Å². The summed E-state index contributed by atoms with van der Waals surface area (Å²) < 4.78 is 27.3. The average Bonchev–Trinajstić information content (AvgIpc) is 2.43. The Balaban J connectivity index is 2.16. The standard InChI is InChI=1S/C18H27F2N/c1-18(2,3)14-8-9-16(21-4)13(11-14)10-12-6-5-7-15(19)17(12)20/h5-7,13-14,16,21H,8-11H2,1-4H3. The van der Waals surface area contributed by atoms with Crippen LogP contribution in [0.15, 0.2) is 18.2 Å². The molecule has 3 heteroatoms. The second-order valence-corrected chi connectivity index (χ2v) is 7.45. The highest BCUT2D eigenvalue weighted by atomic mass is 19.2. The number of nitrogens with one attached hydrogen (secondary N) is 1. The SMILES string of the molecule is CNC1CCC(C(C)(C)C)CC1Cc1cccc(F)c1F. The van der Waals surface area contributed by atoms with E-state index in [0.29, 0.717) is 29.9 Å². The van der Waals surface area contributed by atoms with Crippen LogP contribution in [0.25, 0.3) is 0 Å². The molecule has 118 valence electrons. The molecule has 1 aliphatic rings. The number of rotatable bonds is 3. The summed E-state index contributed by atoms with van der Waals surface area (Å²) in [5, 5.41) is 3.36. The molecule has 0 radical (unpaired) electrons. The van der Waals surface area contributed by atoms with Crippen molar-refractivity contribution in [3.63, 3.8) is 0 Å². The molecule has 3 unspecified atom stereocenters. The quantitative estimate of drug-likeness (QED) is 0.862. The van der Waals surface area contributed by atoms with Gasteiger partial charge in [0, 0.05) is 6.04 Å². The summed E-state index contributed by atoms with van der Waals surface area (Å²) in [6, 6.07) is 4.90. The monoisotopic (exact) mass is 295 g/mol. The maximum atomic E-state index is 13.9. The van der Waals surface area contributed by atoms with E-state index < -0.39 is 11.6 Å². The van der Waals surface area contributed by atoms with Crippen LogP contribution in [0, 0.1) is 28.9 Å². The van der Waals surface area contributed by atoms with Gasteiger partial charge in [-0.15, -0.1) is 0 Å². The van der Waals surface area contributed by atoms with E-state index in [9.17, 15) is 8.78 Å². The van der Waals surface area contributed by atoms with Gasteiger partial charge in [-0.25, -0.2) is 8.78 Å². The zero-order valence-corrected chi connectivity index (χ0v) is 13.5. The smallest absolute Gasteiger partial charge is 0.162 e. The summed E-state index contributed by atoms with van der Waals surface area (Å²) >= 11 is 0. The zero-order valence-electron chi connectivity index (χ0n) is 13.5. The molecule has 0 amide bonds. The molecule has 0 heterocycles. The minimum absolute atomic E-state index is 0.275. The molecule has 3 atom stereocenters. The Labute approximate surface area is 127 Å². The first-order valence-corrected chi connectivity index (χ1v) is 7.93. The van der Waals surface area contributed by atoms with Crippen molar-refractivity contribution in [2.75, 3.05) is 7.05 Å². The average molecular weight is 295 g/mol. The van der Waals surface area contributed by atoms with Crippen molar-refractivity contribution in [1.82, 2.24) is 5.32 Å². The van der Waals surface area contributed by atoms with Gasteiger partial charge >= 0.3 is 0 Å². The number of halogens is 2. The fourth-order valence-electron chi connectivity index (χ4n) is 3.64. The molecule has 1 aliphatic carbocycles. The molecule has 1 aromatic carbocycles. The van der Waals surface area contributed by atoms with Crippen molar-refractivity contribution in [3.05, 3.63) is 35.4 Å². The molecule has 2 rings (SSSR count). The molecule has 0 aliphatic heterocycles. The zero-order chi connectivity index (χ0) is 15.6. The largest absolute Gasteiger partial charge is 0.317 e. The van der Waals surface area contributed by atoms with E-state index in [2.05, 4.69) is 26.1 Å². The predicted octanol–water partition coefficient (Wildman–Crippen LogP) is 4.56. The molecule has 0 aromatic heterocycles. The third-order valence-electron chi connectivity index (χ3n) is 5.09. The minimum Gasteiger partial charge on any atom is -0.317 e. The van der Waals surface area contributed by atoms with Crippen molar-refractivity contribution in [2.24, 2.45) is 17.3 Å². The maximum Gasteiger partial charge on any atom is 0.162 e. The fraction of sp³-hybridized carbons (Fsp3) is 0.667. The normalized spacial score (nSPS) is 26.9. The lowest BCUT2D eigenvalue weighted by Gasteiger charge is -2.42. The third-order valence-corrected chi connectivity index (χ3v) is 5.09. The Morgan fingerprint density at radius 1 is 1.19 bits per heavy atom. The lowest BCUT2D eigenvalue weighted by Crippen LogP contribution is -2.42. The number of hydrogen-bond donors (Lipinski definition) is 1. The van der Waals surface area contributed by atoms with E-state index in [1.54, 1.807) is 12.1 Å². The van der Waals surface area contributed by atoms with Crippen molar-refractivity contribution in [3.8, 4) is 0 Å². The lowest BCUT2D eigenvalue weighted by atomic mass is 9.66. The highest BCUT2D eigenvalue weighted by molar-refractivity contribution is 5.20. The van der Waals surface area contributed by atoms with Gasteiger partial charge in [0.1, 0.15) is 0 Å². The lowest BCUT2D eigenvalue weighted by molar-refractivity contribution is 0.116. The summed E-state index contributed by atoms with van der Waals surface area (Å²) in [5.74, 6) is -0.407. The van der Waals surface area contributed by atoms with Gasteiger partial charge in [0.15, 0.2) is 11.6 Å². The molecule has 1 nitrogen and oxygen atoms in total. The van der Waals surface area contributed by atoms with Crippen LogP contribution in [0.4, 0.5) is 8.78 Å². The first-order chi connectivity index (χ1) is 9.82. The molecule has 0 bridgehead atoms. The Bertz CT molecular complexity index is 479. The van der Waals surface area contributed by atoms with Crippen molar-refractivity contribution in [2.45, 2.75) is 52.5 Å². The Hall–Kier alpha value is -0.960. The predicted molar refractivity (Wildman–Crippen MR) is 83.2 cm³/mol. The van der Waals surface area contributed by atoms with E-state index in [-0.39, 0.29) is 5.41 Å². The molecule has 0 spiro atoms. The molecular weight excluding hydrogens is 268 g/mol. The highest BCUT2D eigenvalue weighted by Gasteiger charge is 2.35. The number of hydrogen-bond acceptors (Lipinski definition) is 1. The Morgan fingerprint density at radius 2 is 1.90 bits per heavy atom. The molecule has 1 saturated carbocycles. The fourth-order valence-corrected chi connectivity index (χ4v) is 3.64. The second kappa shape index (κ2) is 6.43. The molecule has 1 N–H and O–H groups in total. The van der Waals surface area contributed by atoms with Gasteiger partial charge in [-0.05, 0) is 61.6 Å². The van der Waals surface area contributed by atoms with Crippen molar-refractivity contribution < 1.29 is 8.78 Å². The maximum absolute atomic E-state index is 13.9. The Morgan fingerprint density at radius 3 is 2.52 bits per heavy atom. The van der Waals surface area contributed by atoms with Gasteiger partial charge in [0.2, 0.25) is 0 Å². The summed E-state index contributed by atoms with van der Waals surface area (Å²) in [4.78, 5) is 0. The van der Waals surface area contributed by atoms with Crippen LogP contribution >= 0.6 is 0 Å². The molecule has 1 fully saturated rings. The van der Waals surface area contributed by atoms with Crippen LogP contribution in [0.1, 0.15) is 45.6 Å². The van der Waals surface area contributed by atoms with Crippen LogP contribution in [-0.4, -0.2) is 13.1 Å². The molecule has 21 heavy (non-hydrogen) atoms. The Kier molecular flexibility index (Phi) is 5.03. The summed E-state index contributed by atoms with van der Waals surface area (Å²) in [6.07, 6.45) is 4.00. The van der Waals surface area contributed by atoms with Gasteiger partial charge in [-0.1, -0.05) is 32.9 Å². The van der Waals surface area contributed by atoms with Gasteiger partial charge in [-0.2, -0.15) is 0 Å². The van der Waals surface area contributed by atoms with Crippen LogP contribution in [0.5, 0.6) is 0 Å². The van der Waals surface area contributed by atoms with Gasteiger partial charge in [0.05, 0.1) is 0 Å². The van der Waals surface area contributed by atoms with E-state index in [4.69, 9.17) is 0 Å². The first kappa shape index (κ1) is 16.4. The number of benzene rings is 1. The molecule has 0 saturated heterocycles. The summed E-state index contributed by atoms with van der Waals surface area (Å²) in [6.45, 7) is 6.82. The van der Waals surface area contributed by atoms with Crippen LogP contribution < -0.4 is 5.32 Å². The van der Waals surface area contributed by atoms with E-state index in [1.165, 1.54) is 12.5 Å². The second-order valence-electron chi connectivity index (χ2n) is 7.45. The first-order valence-electron chi connectivity index (χ1n) is 7.93. The molecular formula is C18H27F2N. The van der Waals surface area contributed by atoms with Gasteiger partial charge < -0.3 is 5.32 Å². The van der Waals surface area contributed by atoms with E-state index >= 15 is 0 Å². The van der Waals surface area contributed by atoms with E-state index in [0.717, 1.165) is 12.8 Å². The van der Waals surface area contributed by atoms with Gasteiger partial charge in [-0.3, -0.25) is 0 Å². The minimum atomic E-state index is -0.739. The van der Waals surface area contributed by atoms with Crippen LogP contribution in [0.2, 0.25) is 0 Å². The van der Waals surface area contributed by atoms with Crippen molar-refractivity contribution in [1.29, 1.82) is 0 Å². The highest BCUT2D eigenvalue weighted by Crippen LogP contribution is 2.41. The van der Waals surface area contributed by atoms with Crippen LogP contribution in [-0.2, 0) is 6.42 Å². The van der Waals surface area contributed by atoms with Crippen LogP contribution in [0.3, 0.4) is 0 Å². The third kappa shape index (κ3) is 3.82.